The van der Waals surface area contributed by atoms with Crippen molar-refractivity contribution in [3.63, 3.8) is 0 Å². The molecule has 1 aromatic heterocycles. The zero-order valence-corrected chi connectivity index (χ0v) is 15.9. The van der Waals surface area contributed by atoms with Gasteiger partial charge >= 0.3 is 0 Å². The lowest BCUT2D eigenvalue weighted by Gasteiger charge is -2.32. The average molecular weight is 392 g/mol. The Balaban J connectivity index is 1.51. The van der Waals surface area contributed by atoms with Gasteiger partial charge in [-0.15, -0.1) is 0 Å². The Morgan fingerprint density at radius 2 is 2.15 bits per heavy atom. The van der Waals surface area contributed by atoms with Crippen LogP contribution in [0.3, 0.4) is 0 Å². The molecular formula is C19H22ClN3O4. The molecular weight excluding hydrogens is 370 g/mol. The van der Waals surface area contributed by atoms with E-state index >= 15 is 0 Å². The number of amides is 1. The third-order valence-electron chi connectivity index (χ3n) is 4.78. The Bertz CT molecular complexity index is 819. The molecule has 0 bridgehead atoms. The van der Waals surface area contributed by atoms with E-state index in [0.29, 0.717) is 49.4 Å². The molecule has 2 aliphatic rings. The lowest BCUT2D eigenvalue weighted by atomic mass is 10.1. The van der Waals surface area contributed by atoms with Gasteiger partial charge in [-0.25, -0.2) is 0 Å². The highest BCUT2D eigenvalue weighted by Crippen LogP contribution is 2.31. The van der Waals surface area contributed by atoms with Crippen LogP contribution in [-0.4, -0.2) is 53.1 Å². The minimum Gasteiger partial charge on any atom is -0.486 e. The number of rotatable bonds is 5. The quantitative estimate of drug-likeness (QED) is 0.782. The fourth-order valence-corrected chi connectivity index (χ4v) is 3.65. The predicted octanol–water partition coefficient (Wildman–Crippen LogP) is 2.28. The first-order valence-corrected chi connectivity index (χ1v) is 9.41. The number of carbonyl (C=O) groups excluding carboxylic acids is 1. The summed E-state index contributed by atoms with van der Waals surface area (Å²) >= 11 is 6.26. The maximum atomic E-state index is 13.1. The van der Waals surface area contributed by atoms with E-state index in [1.165, 1.54) is 0 Å². The number of halogens is 1. The number of ether oxygens (including phenoxy) is 3. The third kappa shape index (κ3) is 4.04. The zero-order valence-electron chi connectivity index (χ0n) is 15.1. The molecule has 0 unspecified atom stereocenters. The topological polar surface area (TPSA) is 65.8 Å². The van der Waals surface area contributed by atoms with Gasteiger partial charge < -0.3 is 19.1 Å². The van der Waals surface area contributed by atoms with E-state index in [2.05, 4.69) is 5.10 Å². The largest absolute Gasteiger partial charge is 0.486 e. The van der Waals surface area contributed by atoms with Gasteiger partial charge in [0.2, 0.25) is 5.91 Å². The molecule has 1 aromatic carbocycles. The van der Waals surface area contributed by atoms with Crippen molar-refractivity contribution in [3.8, 4) is 11.5 Å². The van der Waals surface area contributed by atoms with Crippen molar-refractivity contribution < 1.29 is 19.0 Å². The van der Waals surface area contributed by atoms with Crippen molar-refractivity contribution in [2.24, 2.45) is 13.0 Å². The normalized spacial score (nSPS) is 21.3. The highest BCUT2D eigenvalue weighted by atomic mass is 35.5. The first kappa shape index (κ1) is 18.1. The summed E-state index contributed by atoms with van der Waals surface area (Å²) in [6.07, 6.45) is 2.21. The molecule has 2 aromatic rings. The molecule has 0 saturated carbocycles. The fourth-order valence-electron chi connectivity index (χ4n) is 3.41. The molecule has 2 atom stereocenters. The second kappa shape index (κ2) is 7.78. The van der Waals surface area contributed by atoms with Gasteiger partial charge in [0.15, 0.2) is 17.6 Å². The maximum absolute atomic E-state index is 13.1. The summed E-state index contributed by atoms with van der Waals surface area (Å²) in [5.41, 5.74) is 0.670. The second-order valence-corrected chi connectivity index (χ2v) is 7.28. The smallest absolute Gasteiger partial charge is 0.228 e. The van der Waals surface area contributed by atoms with Crippen molar-refractivity contribution in [1.29, 1.82) is 0 Å². The Hall–Kier alpha value is -2.25. The van der Waals surface area contributed by atoms with Crippen LogP contribution in [-0.2, 0) is 23.1 Å². The van der Waals surface area contributed by atoms with Crippen LogP contribution in [0, 0.1) is 5.92 Å². The van der Waals surface area contributed by atoms with Gasteiger partial charge in [-0.05, 0) is 18.6 Å². The summed E-state index contributed by atoms with van der Waals surface area (Å²) in [5.74, 6) is 1.32. The van der Waals surface area contributed by atoms with Gasteiger partial charge in [0.1, 0.15) is 12.3 Å². The first-order valence-electron chi connectivity index (χ1n) is 9.03. The van der Waals surface area contributed by atoms with E-state index in [1.807, 2.05) is 24.3 Å². The Kier molecular flexibility index (Phi) is 5.22. The number of carbonyl (C=O) groups is 1. The van der Waals surface area contributed by atoms with E-state index in [4.69, 9.17) is 25.8 Å². The molecule has 144 valence electrons. The van der Waals surface area contributed by atoms with Crippen LogP contribution in [0.5, 0.6) is 11.5 Å². The molecule has 0 spiro atoms. The van der Waals surface area contributed by atoms with Crippen LogP contribution in [0.15, 0.2) is 30.5 Å². The molecule has 27 heavy (non-hydrogen) atoms. The highest BCUT2D eigenvalue weighted by Gasteiger charge is 2.32. The standard InChI is InChI=1S/C19H22ClN3O4/c1-22-9-15(20)16(21-22)10-23(19(24)13-6-7-25-11-13)8-14-12-26-17-4-2-3-5-18(17)27-14/h2-5,9,13-14H,6-8,10-12H2,1H3/t13-,14+/m0/s1. The van der Waals surface area contributed by atoms with Crippen LogP contribution in [0.25, 0.3) is 0 Å². The van der Waals surface area contributed by atoms with Gasteiger partial charge in [0.05, 0.1) is 30.6 Å². The molecule has 0 N–H and O–H groups in total. The van der Waals surface area contributed by atoms with E-state index in [1.54, 1.807) is 22.8 Å². The van der Waals surface area contributed by atoms with E-state index in [-0.39, 0.29) is 17.9 Å². The lowest BCUT2D eigenvalue weighted by Crippen LogP contribution is -2.45. The van der Waals surface area contributed by atoms with Gasteiger partial charge in [0, 0.05) is 19.9 Å². The van der Waals surface area contributed by atoms with Gasteiger partial charge in [-0.2, -0.15) is 5.10 Å². The number of hydrogen-bond acceptors (Lipinski definition) is 5. The number of hydrogen-bond donors (Lipinski definition) is 0. The SMILES string of the molecule is Cn1cc(Cl)c(CN(C[C@@H]2COc3ccccc3O2)C(=O)[C@H]2CCOC2)n1. The number of aryl methyl sites for hydroxylation is 1. The summed E-state index contributed by atoms with van der Waals surface area (Å²) in [4.78, 5) is 14.8. The summed E-state index contributed by atoms with van der Waals surface area (Å²) < 4.78 is 18.9. The van der Waals surface area contributed by atoms with Gasteiger partial charge in [-0.3, -0.25) is 9.48 Å². The molecule has 1 fully saturated rings. The minimum atomic E-state index is -0.256. The Morgan fingerprint density at radius 1 is 1.33 bits per heavy atom. The van der Waals surface area contributed by atoms with Crippen LogP contribution < -0.4 is 9.47 Å². The molecule has 3 heterocycles. The molecule has 8 heteroatoms. The maximum Gasteiger partial charge on any atom is 0.228 e. The van der Waals surface area contributed by atoms with Crippen LogP contribution in [0.2, 0.25) is 5.02 Å². The predicted molar refractivity (Wildman–Crippen MR) is 98.9 cm³/mol. The molecule has 0 aliphatic carbocycles. The summed E-state index contributed by atoms with van der Waals surface area (Å²) in [6, 6.07) is 7.55. The Morgan fingerprint density at radius 3 is 2.85 bits per heavy atom. The molecule has 0 radical (unpaired) electrons. The van der Waals surface area contributed by atoms with Crippen molar-refractivity contribution in [2.75, 3.05) is 26.4 Å². The molecule has 7 nitrogen and oxygen atoms in total. The molecule has 1 saturated heterocycles. The molecule has 2 aliphatic heterocycles. The minimum absolute atomic E-state index is 0.0386. The van der Waals surface area contributed by atoms with Crippen LogP contribution in [0.4, 0.5) is 0 Å². The van der Waals surface area contributed by atoms with E-state index in [9.17, 15) is 4.79 Å². The Labute approximate surface area is 162 Å². The summed E-state index contributed by atoms with van der Waals surface area (Å²) in [5, 5.41) is 4.92. The van der Waals surface area contributed by atoms with Crippen molar-refractivity contribution in [3.05, 3.63) is 41.2 Å². The lowest BCUT2D eigenvalue weighted by molar-refractivity contribution is -0.137. The average Bonchev–Trinajstić information content (AvgIpc) is 3.30. The van der Waals surface area contributed by atoms with Crippen LogP contribution in [0.1, 0.15) is 12.1 Å². The van der Waals surface area contributed by atoms with E-state index in [0.717, 1.165) is 12.2 Å². The van der Waals surface area contributed by atoms with Gasteiger partial charge in [-0.1, -0.05) is 23.7 Å². The number of nitrogens with zero attached hydrogens (tertiary/aromatic N) is 3. The van der Waals surface area contributed by atoms with Crippen LogP contribution >= 0.6 is 11.6 Å². The number of fused-ring (bicyclic) bond motifs is 1. The van der Waals surface area contributed by atoms with Crippen molar-refractivity contribution in [1.82, 2.24) is 14.7 Å². The second-order valence-electron chi connectivity index (χ2n) is 6.87. The zero-order chi connectivity index (χ0) is 18.8. The number of para-hydroxylation sites is 2. The highest BCUT2D eigenvalue weighted by molar-refractivity contribution is 6.31. The van der Waals surface area contributed by atoms with Gasteiger partial charge in [0.25, 0.3) is 0 Å². The number of benzene rings is 1. The van der Waals surface area contributed by atoms with E-state index < -0.39 is 0 Å². The molecule has 4 rings (SSSR count). The molecule has 1 amide bonds. The van der Waals surface area contributed by atoms with Crippen molar-refractivity contribution >= 4 is 17.5 Å². The number of aromatic nitrogens is 2. The summed E-state index contributed by atoms with van der Waals surface area (Å²) in [7, 11) is 1.81. The summed E-state index contributed by atoms with van der Waals surface area (Å²) in [6.45, 7) is 2.19. The fraction of sp³-hybridized carbons (Fsp3) is 0.474. The third-order valence-corrected chi connectivity index (χ3v) is 5.09. The first-order chi connectivity index (χ1) is 13.1. The monoisotopic (exact) mass is 391 g/mol. The van der Waals surface area contributed by atoms with Crippen molar-refractivity contribution in [2.45, 2.75) is 19.1 Å².